The molecular formula is C21H26ClIN6. The average Bonchev–Trinajstić information content (AvgIpc) is 3.15. The number of halogens is 2. The number of fused-ring (bicyclic) bond motifs is 1. The van der Waals surface area contributed by atoms with Crippen molar-refractivity contribution in [3.8, 4) is 0 Å². The number of imidazole rings is 1. The van der Waals surface area contributed by atoms with E-state index in [1.54, 1.807) is 0 Å². The van der Waals surface area contributed by atoms with Crippen molar-refractivity contribution < 1.29 is 0 Å². The molecule has 8 heteroatoms. The minimum absolute atomic E-state index is 0. The summed E-state index contributed by atoms with van der Waals surface area (Å²) in [6.45, 7) is 4.46. The molecule has 0 unspecified atom stereocenters. The van der Waals surface area contributed by atoms with E-state index in [2.05, 4.69) is 42.2 Å². The van der Waals surface area contributed by atoms with Crippen LogP contribution in [0.1, 0.15) is 5.82 Å². The van der Waals surface area contributed by atoms with E-state index in [0.29, 0.717) is 0 Å². The van der Waals surface area contributed by atoms with Crippen molar-refractivity contribution in [1.29, 1.82) is 0 Å². The van der Waals surface area contributed by atoms with Gasteiger partial charge < -0.3 is 20.1 Å². The summed E-state index contributed by atoms with van der Waals surface area (Å²) >= 11 is 6.34. The number of benzene rings is 2. The van der Waals surface area contributed by atoms with Crippen molar-refractivity contribution in [1.82, 2.24) is 20.2 Å². The van der Waals surface area contributed by atoms with E-state index in [0.717, 1.165) is 72.7 Å². The van der Waals surface area contributed by atoms with Crippen molar-refractivity contribution >= 4 is 58.3 Å². The van der Waals surface area contributed by atoms with Gasteiger partial charge in [-0.3, -0.25) is 4.99 Å². The Hall–Kier alpha value is -2.00. The molecule has 0 bridgehead atoms. The van der Waals surface area contributed by atoms with Crippen LogP contribution in [0.3, 0.4) is 0 Å². The van der Waals surface area contributed by atoms with Gasteiger partial charge in [0.2, 0.25) is 0 Å². The number of aromatic nitrogens is 2. The number of piperazine rings is 1. The van der Waals surface area contributed by atoms with Gasteiger partial charge in [-0.25, -0.2) is 4.98 Å². The van der Waals surface area contributed by atoms with E-state index in [9.17, 15) is 0 Å². The zero-order chi connectivity index (χ0) is 19.3. The second-order valence-electron chi connectivity index (χ2n) is 6.85. The van der Waals surface area contributed by atoms with Gasteiger partial charge in [0.05, 0.1) is 21.7 Å². The van der Waals surface area contributed by atoms with E-state index in [1.807, 2.05) is 43.4 Å². The Kier molecular flexibility index (Phi) is 7.60. The number of aliphatic imine (C=N–C) groups is 1. The van der Waals surface area contributed by atoms with Gasteiger partial charge in [0, 0.05) is 46.2 Å². The van der Waals surface area contributed by atoms with Crippen LogP contribution in [-0.2, 0) is 6.42 Å². The number of hydrogen-bond acceptors (Lipinski definition) is 3. The summed E-state index contributed by atoms with van der Waals surface area (Å²) in [6.07, 6.45) is 0.827. The van der Waals surface area contributed by atoms with Gasteiger partial charge in [-0.05, 0) is 24.3 Å². The molecule has 2 N–H and O–H groups in total. The molecule has 0 amide bonds. The Balaban J connectivity index is 0.00000240. The van der Waals surface area contributed by atoms with E-state index < -0.39 is 0 Å². The summed E-state index contributed by atoms with van der Waals surface area (Å²) in [7, 11) is 1.84. The second-order valence-corrected chi connectivity index (χ2v) is 7.26. The summed E-state index contributed by atoms with van der Waals surface area (Å²) in [6, 6.07) is 16.1. The number of guanidine groups is 1. The molecule has 1 fully saturated rings. The number of anilines is 1. The third kappa shape index (κ3) is 5.14. The predicted molar refractivity (Wildman–Crippen MR) is 132 cm³/mol. The van der Waals surface area contributed by atoms with Gasteiger partial charge in [-0.2, -0.15) is 0 Å². The van der Waals surface area contributed by atoms with Crippen molar-refractivity contribution in [2.75, 3.05) is 44.7 Å². The highest BCUT2D eigenvalue weighted by atomic mass is 127. The molecular weight excluding hydrogens is 499 g/mol. The van der Waals surface area contributed by atoms with E-state index in [4.69, 9.17) is 11.6 Å². The fraction of sp³-hybridized carbons (Fsp3) is 0.333. The first-order valence-corrected chi connectivity index (χ1v) is 10.0. The van der Waals surface area contributed by atoms with E-state index in [1.165, 1.54) is 0 Å². The highest BCUT2D eigenvalue weighted by Crippen LogP contribution is 2.26. The molecule has 1 aliphatic rings. The fourth-order valence-electron chi connectivity index (χ4n) is 3.62. The fourth-order valence-corrected chi connectivity index (χ4v) is 3.87. The zero-order valence-electron chi connectivity index (χ0n) is 16.4. The molecule has 0 radical (unpaired) electrons. The molecule has 1 aliphatic heterocycles. The lowest BCUT2D eigenvalue weighted by atomic mass is 10.2. The summed E-state index contributed by atoms with van der Waals surface area (Å²) in [5.41, 5.74) is 3.20. The molecule has 1 saturated heterocycles. The normalized spacial score (nSPS) is 14.8. The van der Waals surface area contributed by atoms with Crippen molar-refractivity contribution in [2.24, 2.45) is 4.99 Å². The molecule has 2 aromatic carbocycles. The van der Waals surface area contributed by atoms with Crippen LogP contribution in [0, 0.1) is 0 Å². The second kappa shape index (κ2) is 10.2. The first-order chi connectivity index (χ1) is 13.7. The van der Waals surface area contributed by atoms with Crippen LogP contribution in [0.5, 0.6) is 0 Å². The number of rotatable bonds is 4. The van der Waals surface area contributed by atoms with Gasteiger partial charge in [0.1, 0.15) is 5.82 Å². The Morgan fingerprint density at radius 1 is 1.10 bits per heavy atom. The van der Waals surface area contributed by atoms with Gasteiger partial charge in [0.25, 0.3) is 0 Å². The molecule has 0 atom stereocenters. The quantitative estimate of drug-likeness (QED) is 0.310. The first kappa shape index (κ1) is 21.7. The van der Waals surface area contributed by atoms with Gasteiger partial charge >= 0.3 is 0 Å². The summed E-state index contributed by atoms with van der Waals surface area (Å²) in [4.78, 5) is 17.1. The largest absolute Gasteiger partial charge is 0.367 e. The maximum absolute atomic E-state index is 6.34. The molecule has 154 valence electrons. The summed E-state index contributed by atoms with van der Waals surface area (Å²) in [5.74, 6) is 1.93. The van der Waals surface area contributed by atoms with Gasteiger partial charge in [-0.15, -0.1) is 24.0 Å². The number of nitrogens with one attached hydrogen (secondary N) is 2. The molecule has 29 heavy (non-hydrogen) atoms. The van der Waals surface area contributed by atoms with Crippen LogP contribution in [0.25, 0.3) is 11.0 Å². The molecule has 0 aliphatic carbocycles. The Bertz CT molecular complexity index is 931. The molecule has 3 aromatic rings. The molecule has 2 heterocycles. The SMILES string of the molecule is CN=C(NCCc1nc2ccccc2[nH]1)N1CCN(c2ccccc2Cl)CC1.I. The Labute approximate surface area is 193 Å². The van der Waals surface area contributed by atoms with Crippen LogP contribution < -0.4 is 10.2 Å². The van der Waals surface area contributed by atoms with Crippen LogP contribution in [-0.4, -0.2) is 60.6 Å². The molecule has 0 saturated carbocycles. The highest BCUT2D eigenvalue weighted by molar-refractivity contribution is 14.0. The Morgan fingerprint density at radius 3 is 2.55 bits per heavy atom. The van der Waals surface area contributed by atoms with E-state index >= 15 is 0 Å². The minimum Gasteiger partial charge on any atom is -0.367 e. The summed E-state index contributed by atoms with van der Waals surface area (Å²) < 4.78 is 0. The van der Waals surface area contributed by atoms with Gasteiger partial charge in [0.15, 0.2) is 5.96 Å². The maximum atomic E-state index is 6.34. The van der Waals surface area contributed by atoms with Crippen molar-refractivity contribution in [2.45, 2.75) is 6.42 Å². The third-order valence-corrected chi connectivity index (χ3v) is 5.39. The maximum Gasteiger partial charge on any atom is 0.193 e. The lowest BCUT2D eigenvalue weighted by Crippen LogP contribution is -2.52. The standard InChI is InChI=1S/C21H25ClN6.HI/c1-23-21(24-11-10-20-25-17-7-3-4-8-18(17)26-20)28-14-12-27(13-15-28)19-9-5-2-6-16(19)22;/h2-9H,10-15H2,1H3,(H,23,24)(H,25,26);1H. The highest BCUT2D eigenvalue weighted by Gasteiger charge is 2.20. The van der Waals surface area contributed by atoms with Crippen LogP contribution in [0.2, 0.25) is 5.02 Å². The lowest BCUT2D eigenvalue weighted by Gasteiger charge is -2.38. The van der Waals surface area contributed by atoms with Crippen molar-refractivity contribution in [3.05, 3.63) is 59.4 Å². The molecule has 0 spiro atoms. The molecule has 6 nitrogen and oxygen atoms in total. The van der Waals surface area contributed by atoms with E-state index in [-0.39, 0.29) is 24.0 Å². The lowest BCUT2D eigenvalue weighted by molar-refractivity contribution is 0.373. The Morgan fingerprint density at radius 2 is 1.83 bits per heavy atom. The number of nitrogens with zero attached hydrogens (tertiary/aromatic N) is 4. The zero-order valence-corrected chi connectivity index (χ0v) is 19.5. The number of hydrogen-bond donors (Lipinski definition) is 2. The van der Waals surface area contributed by atoms with Crippen LogP contribution in [0.15, 0.2) is 53.5 Å². The van der Waals surface area contributed by atoms with Crippen molar-refractivity contribution in [3.63, 3.8) is 0 Å². The third-order valence-electron chi connectivity index (χ3n) is 5.07. The van der Waals surface area contributed by atoms with Gasteiger partial charge in [-0.1, -0.05) is 35.9 Å². The predicted octanol–water partition coefficient (Wildman–Crippen LogP) is 3.77. The summed E-state index contributed by atoms with van der Waals surface area (Å²) in [5, 5.41) is 4.28. The smallest absolute Gasteiger partial charge is 0.193 e. The molecule has 4 rings (SSSR count). The number of aromatic amines is 1. The minimum atomic E-state index is 0. The molecule has 1 aromatic heterocycles. The van der Waals surface area contributed by atoms with Crippen LogP contribution >= 0.6 is 35.6 Å². The topological polar surface area (TPSA) is 59.6 Å². The average molecular weight is 525 g/mol. The van der Waals surface area contributed by atoms with Crippen LogP contribution in [0.4, 0.5) is 5.69 Å². The number of H-pyrrole nitrogens is 1. The monoisotopic (exact) mass is 524 g/mol. The number of para-hydroxylation sites is 3. The first-order valence-electron chi connectivity index (χ1n) is 9.63.